The summed E-state index contributed by atoms with van der Waals surface area (Å²) in [5.74, 6) is 2.99. The van der Waals surface area contributed by atoms with Crippen LogP contribution in [0.4, 0.5) is 0 Å². The number of halogens is 1. The number of rotatable bonds is 0. The molecule has 0 nitrogen and oxygen atoms in total. The van der Waals surface area contributed by atoms with Gasteiger partial charge in [0, 0.05) is 21.5 Å². The molecule has 0 saturated carbocycles. The molecule has 0 saturated heterocycles. The predicted molar refractivity (Wildman–Crippen MR) is 60.9 cm³/mol. The molecular weight excluding hydrogens is 224 g/mol. The van der Waals surface area contributed by atoms with Crippen LogP contribution in [0.15, 0.2) is 24.3 Å². The van der Waals surface area contributed by atoms with Crippen LogP contribution < -0.4 is 0 Å². The van der Waals surface area contributed by atoms with Crippen molar-refractivity contribution in [1.29, 1.82) is 0 Å². The van der Waals surface area contributed by atoms with E-state index in [4.69, 9.17) is 0 Å². The molecule has 0 fully saturated rings. The fourth-order valence-electron chi connectivity index (χ4n) is 1.12. The van der Waals surface area contributed by atoms with Crippen LogP contribution in [0.3, 0.4) is 0 Å². The second-order valence-corrected chi connectivity index (χ2v) is 4.45. The number of benzene rings is 1. The second-order valence-electron chi connectivity index (χ2n) is 4.05. The standard InChI is InChI=1S/C12H13Br/c1-12(2,3)11-6-4-5-10(9-11)7-8-13/h4-6,9H,1-3H3. The minimum atomic E-state index is 0.198. The topological polar surface area (TPSA) is 0 Å². The maximum absolute atomic E-state index is 3.10. The van der Waals surface area contributed by atoms with Gasteiger partial charge in [0.15, 0.2) is 0 Å². The van der Waals surface area contributed by atoms with Crippen molar-refractivity contribution in [3.63, 3.8) is 0 Å². The zero-order valence-corrected chi connectivity index (χ0v) is 9.77. The Labute approximate surface area is 88.5 Å². The van der Waals surface area contributed by atoms with E-state index in [9.17, 15) is 0 Å². The lowest BCUT2D eigenvalue weighted by molar-refractivity contribution is 0.590. The fraction of sp³-hybridized carbons (Fsp3) is 0.333. The van der Waals surface area contributed by atoms with Crippen molar-refractivity contribution >= 4 is 15.9 Å². The molecule has 0 aliphatic heterocycles. The predicted octanol–water partition coefficient (Wildman–Crippen LogP) is 3.69. The molecule has 1 aromatic carbocycles. The van der Waals surface area contributed by atoms with E-state index in [1.165, 1.54) is 5.56 Å². The van der Waals surface area contributed by atoms with Gasteiger partial charge in [0.2, 0.25) is 0 Å². The van der Waals surface area contributed by atoms with Crippen molar-refractivity contribution in [1.82, 2.24) is 0 Å². The lowest BCUT2D eigenvalue weighted by Gasteiger charge is -2.18. The van der Waals surface area contributed by atoms with Crippen molar-refractivity contribution in [2.45, 2.75) is 26.2 Å². The SMILES string of the molecule is CC(C)(C)c1cccc(C#CBr)c1. The van der Waals surface area contributed by atoms with E-state index >= 15 is 0 Å². The van der Waals surface area contributed by atoms with Crippen LogP contribution in [-0.4, -0.2) is 0 Å². The molecule has 13 heavy (non-hydrogen) atoms. The first-order valence-electron chi connectivity index (χ1n) is 4.26. The summed E-state index contributed by atoms with van der Waals surface area (Å²) in [6, 6.07) is 8.34. The van der Waals surface area contributed by atoms with Crippen LogP contribution in [0.1, 0.15) is 31.9 Å². The van der Waals surface area contributed by atoms with Crippen LogP contribution in [0.5, 0.6) is 0 Å². The highest BCUT2D eigenvalue weighted by Crippen LogP contribution is 2.22. The summed E-state index contributed by atoms with van der Waals surface area (Å²) in [6.45, 7) is 6.61. The van der Waals surface area contributed by atoms with Gasteiger partial charge in [0.1, 0.15) is 0 Å². The molecule has 0 atom stereocenters. The third kappa shape index (κ3) is 2.90. The Kier molecular flexibility index (Phi) is 3.17. The van der Waals surface area contributed by atoms with Crippen molar-refractivity contribution < 1.29 is 0 Å². The fourth-order valence-corrected chi connectivity index (χ4v) is 1.35. The summed E-state index contributed by atoms with van der Waals surface area (Å²) in [5.41, 5.74) is 2.58. The largest absolute Gasteiger partial charge is 0.0607 e. The minimum absolute atomic E-state index is 0.198. The Morgan fingerprint density at radius 1 is 1.23 bits per heavy atom. The van der Waals surface area contributed by atoms with Crippen LogP contribution in [0.2, 0.25) is 0 Å². The average Bonchev–Trinajstić information content (AvgIpc) is 2.04. The monoisotopic (exact) mass is 236 g/mol. The maximum Gasteiger partial charge on any atom is 0.0257 e. The van der Waals surface area contributed by atoms with Gasteiger partial charge in [-0.25, -0.2) is 0 Å². The molecule has 68 valence electrons. The smallest absolute Gasteiger partial charge is 0.0257 e. The van der Waals surface area contributed by atoms with E-state index in [1.54, 1.807) is 0 Å². The average molecular weight is 237 g/mol. The van der Waals surface area contributed by atoms with Crippen LogP contribution in [-0.2, 0) is 5.41 Å². The molecule has 0 aliphatic rings. The van der Waals surface area contributed by atoms with Gasteiger partial charge in [0.05, 0.1) is 0 Å². The first kappa shape index (κ1) is 10.3. The van der Waals surface area contributed by atoms with Crippen LogP contribution in [0.25, 0.3) is 0 Å². The van der Waals surface area contributed by atoms with Crippen molar-refractivity contribution in [2.24, 2.45) is 0 Å². The molecule has 0 radical (unpaired) electrons. The highest BCUT2D eigenvalue weighted by Gasteiger charge is 2.12. The van der Waals surface area contributed by atoms with Gasteiger partial charge in [-0.3, -0.25) is 0 Å². The molecule has 0 heterocycles. The molecule has 0 aliphatic carbocycles. The summed E-state index contributed by atoms with van der Waals surface area (Å²) in [6.07, 6.45) is 0. The first-order valence-corrected chi connectivity index (χ1v) is 5.05. The highest BCUT2D eigenvalue weighted by molar-refractivity contribution is 9.12. The summed E-state index contributed by atoms with van der Waals surface area (Å²) in [4.78, 5) is 2.73. The minimum Gasteiger partial charge on any atom is -0.0607 e. The van der Waals surface area contributed by atoms with Gasteiger partial charge in [0.25, 0.3) is 0 Å². The lowest BCUT2D eigenvalue weighted by atomic mass is 9.86. The zero-order valence-electron chi connectivity index (χ0n) is 8.19. The Balaban J connectivity index is 3.10. The van der Waals surface area contributed by atoms with Crippen LogP contribution >= 0.6 is 15.9 Å². The van der Waals surface area contributed by atoms with Gasteiger partial charge < -0.3 is 0 Å². The summed E-state index contributed by atoms with van der Waals surface area (Å²) >= 11 is 3.10. The lowest BCUT2D eigenvalue weighted by Crippen LogP contribution is -2.10. The molecule has 0 amide bonds. The third-order valence-electron chi connectivity index (χ3n) is 1.92. The summed E-state index contributed by atoms with van der Waals surface area (Å²) in [7, 11) is 0. The Bertz CT molecular complexity index is 347. The molecule has 0 N–H and O–H groups in total. The molecular formula is C12H13Br. The van der Waals surface area contributed by atoms with Crippen molar-refractivity contribution in [3.8, 4) is 10.8 Å². The molecule has 1 rings (SSSR count). The molecule has 1 aromatic rings. The molecule has 1 heteroatoms. The van der Waals surface area contributed by atoms with Crippen LogP contribution in [0, 0.1) is 10.8 Å². The van der Waals surface area contributed by atoms with Gasteiger partial charge in [-0.2, -0.15) is 0 Å². The van der Waals surface area contributed by atoms with Gasteiger partial charge in [-0.05, 0) is 27.9 Å². The van der Waals surface area contributed by atoms with E-state index in [-0.39, 0.29) is 5.41 Å². The summed E-state index contributed by atoms with van der Waals surface area (Å²) < 4.78 is 0. The Morgan fingerprint density at radius 2 is 1.92 bits per heavy atom. The molecule has 0 aromatic heterocycles. The van der Waals surface area contributed by atoms with E-state index < -0.39 is 0 Å². The van der Waals surface area contributed by atoms with E-state index in [1.807, 2.05) is 12.1 Å². The van der Waals surface area contributed by atoms with Gasteiger partial charge in [-0.1, -0.05) is 38.8 Å². The zero-order chi connectivity index (χ0) is 9.90. The van der Waals surface area contributed by atoms with E-state index in [0.29, 0.717) is 0 Å². The second kappa shape index (κ2) is 3.98. The summed E-state index contributed by atoms with van der Waals surface area (Å²) in [5, 5.41) is 0. The van der Waals surface area contributed by atoms with Gasteiger partial charge >= 0.3 is 0 Å². The molecule has 0 spiro atoms. The third-order valence-corrected chi connectivity index (χ3v) is 2.12. The first-order chi connectivity index (χ1) is 6.04. The molecule has 0 unspecified atom stereocenters. The Hall–Kier alpha value is -0.740. The van der Waals surface area contributed by atoms with E-state index in [2.05, 4.69) is 59.6 Å². The van der Waals surface area contributed by atoms with E-state index in [0.717, 1.165) is 5.56 Å². The Morgan fingerprint density at radius 3 is 2.46 bits per heavy atom. The number of hydrogen-bond donors (Lipinski definition) is 0. The maximum atomic E-state index is 3.10. The molecule has 0 bridgehead atoms. The van der Waals surface area contributed by atoms with Gasteiger partial charge in [-0.15, -0.1) is 0 Å². The number of hydrogen-bond acceptors (Lipinski definition) is 0. The quantitative estimate of drug-likeness (QED) is 0.603. The van der Waals surface area contributed by atoms with Crippen molar-refractivity contribution in [2.75, 3.05) is 0 Å². The highest BCUT2D eigenvalue weighted by atomic mass is 79.9. The van der Waals surface area contributed by atoms with Crippen molar-refractivity contribution in [3.05, 3.63) is 35.4 Å². The normalized spacial score (nSPS) is 10.5.